The minimum atomic E-state index is -1.82. The molecule has 5 heterocycles. The lowest BCUT2D eigenvalue weighted by molar-refractivity contribution is -0.759. The van der Waals surface area contributed by atoms with Gasteiger partial charge >= 0.3 is 0 Å². The third-order valence-corrected chi connectivity index (χ3v) is 11.4. The van der Waals surface area contributed by atoms with E-state index in [0.29, 0.717) is 59.7 Å². The number of nitrogens with one attached hydrogen (secondary N) is 2. The van der Waals surface area contributed by atoms with Gasteiger partial charge in [-0.25, -0.2) is 9.78 Å². The maximum atomic E-state index is 13.3. The van der Waals surface area contributed by atoms with Gasteiger partial charge in [0.15, 0.2) is 11.2 Å². The average Bonchev–Trinajstić information content (AvgIpc) is 3.89. The molecule has 5 aliphatic rings. The first-order chi connectivity index (χ1) is 23.9. The average molecular weight is 697 g/mol. The third-order valence-electron chi connectivity index (χ3n) is 11.4. The number of aliphatic imine (C=N–C) groups is 1. The predicted octanol–water partition coefficient (Wildman–Crippen LogP) is 0.0165. The van der Waals surface area contributed by atoms with Crippen LogP contribution in [-0.4, -0.2) is 99.6 Å². The van der Waals surface area contributed by atoms with E-state index in [0.717, 1.165) is 41.9 Å². The molecule has 0 radical (unpaired) electrons. The second-order valence-electron chi connectivity index (χ2n) is 14.6. The lowest BCUT2D eigenvalue weighted by Gasteiger charge is -2.43. The Morgan fingerprint density at radius 3 is 2.62 bits per heavy atom. The smallest absolute Gasteiger partial charge is 0.226 e. The Bertz CT molecular complexity index is 1800. The molecule has 7 N–H and O–H groups in total. The molecule has 14 heteroatoms. The van der Waals surface area contributed by atoms with Crippen LogP contribution in [0.1, 0.15) is 56.8 Å². The Balaban J connectivity index is 1.22. The highest BCUT2D eigenvalue weighted by Gasteiger charge is 2.53. The Kier molecular flexibility index (Phi) is 9.50. The molecule has 1 saturated carbocycles. The molecule has 4 aliphatic heterocycles. The van der Waals surface area contributed by atoms with E-state index in [9.17, 15) is 30.0 Å². The molecule has 8 atom stereocenters. The number of benzene rings is 1. The van der Waals surface area contributed by atoms with Gasteiger partial charge in [0, 0.05) is 30.8 Å². The summed E-state index contributed by atoms with van der Waals surface area (Å²) in [6.07, 6.45) is 3.16. The molecule has 7 rings (SSSR count). The van der Waals surface area contributed by atoms with Crippen molar-refractivity contribution < 1.29 is 54.2 Å². The lowest BCUT2D eigenvalue weighted by Crippen LogP contribution is -3.01. The number of hydrogen-bond donors (Lipinski definition) is 7. The van der Waals surface area contributed by atoms with Crippen LogP contribution in [0.2, 0.25) is 0 Å². The van der Waals surface area contributed by atoms with Crippen LogP contribution in [0.25, 0.3) is 11.0 Å². The van der Waals surface area contributed by atoms with E-state index in [4.69, 9.17) is 24.0 Å². The summed E-state index contributed by atoms with van der Waals surface area (Å²) in [4.78, 5) is 43.3. The zero-order valence-electron chi connectivity index (χ0n) is 28.3. The van der Waals surface area contributed by atoms with Gasteiger partial charge in [0.25, 0.3) is 0 Å². The zero-order valence-corrected chi connectivity index (χ0v) is 28.3. The molecule has 2 aromatic rings. The van der Waals surface area contributed by atoms with E-state index < -0.39 is 54.7 Å². The van der Waals surface area contributed by atoms with Crippen molar-refractivity contribution in [2.24, 2.45) is 16.3 Å². The van der Waals surface area contributed by atoms with Gasteiger partial charge in [-0.1, -0.05) is 12.8 Å². The topological polar surface area (TPSA) is 205 Å². The minimum Gasteiger partial charge on any atom is -0.478 e. The minimum absolute atomic E-state index is 0.104. The maximum Gasteiger partial charge on any atom is 0.226 e. The summed E-state index contributed by atoms with van der Waals surface area (Å²) in [7, 11) is 0. The van der Waals surface area contributed by atoms with Gasteiger partial charge in [-0.3, -0.25) is 19.5 Å². The standard InChI is InChI=1S/C36H45N3O11/c1-19-11-25(41)23-12-21-13-28(50-47-18-27(43)31(45)30(44)26(42)17-40)35(2,9-5-22-14-38-34(46)36(22)7-3-4-8-36)49-32(21)29(33(23)48-19)39-15-20-6-10-37-24(20)16-39/h6,10-12,15,22,26-28,30-31,40,42-45H,3-5,7-9,13-14,16-18H2,1-2H3,(H,38,46)/p+1. The summed E-state index contributed by atoms with van der Waals surface area (Å²) in [5, 5.41) is 53.2. The molecule has 2 fully saturated rings. The number of carbonyl (C=O) groups is 1. The van der Waals surface area contributed by atoms with Crippen molar-refractivity contribution in [1.82, 2.24) is 5.32 Å². The first kappa shape index (κ1) is 35.0. The predicted molar refractivity (Wildman–Crippen MR) is 179 cm³/mol. The molecule has 8 unspecified atom stereocenters. The molecule has 50 heavy (non-hydrogen) atoms. The highest BCUT2D eigenvalue weighted by Crippen LogP contribution is 2.51. The fourth-order valence-corrected chi connectivity index (χ4v) is 8.41. The summed E-state index contributed by atoms with van der Waals surface area (Å²) in [5.74, 6) is 1.26. The van der Waals surface area contributed by atoms with E-state index in [1.54, 1.807) is 19.2 Å². The van der Waals surface area contributed by atoms with E-state index >= 15 is 0 Å². The Morgan fingerprint density at radius 2 is 1.88 bits per heavy atom. The van der Waals surface area contributed by atoms with Gasteiger partial charge in [0.2, 0.25) is 17.2 Å². The van der Waals surface area contributed by atoms with Crippen molar-refractivity contribution in [3.8, 4) is 5.75 Å². The van der Waals surface area contributed by atoms with Crippen LogP contribution in [0.5, 0.6) is 5.75 Å². The number of allylic oxidation sites excluding steroid dienone is 1. The molecule has 0 bridgehead atoms. The summed E-state index contributed by atoms with van der Waals surface area (Å²) in [5.41, 5.74) is 2.11. The fourth-order valence-electron chi connectivity index (χ4n) is 8.41. The number of hydrogen-bond acceptors (Lipinski definition) is 12. The molecular formula is C36H46N3O11+. The highest BCUT2D eigenvalue weighted by molar-refractivity contribution is 6.07. The lowest BCUT2D eigenvalue weighted by atomic mass is 9.72. The van der Waals surface area contributed by atoms with Gasteiger partial charge in [-0.15, -0.1) is 0 Å². The van der Waals surface area contributed by atoms with Crippen LogP contribution in [-0.2, 0) is 21.0 Å². The van der Waals surface area contributed by atoms with Gasteiger partial charge < -0.3 is 40.0 Å². The van der Waals surface area contributed by atoms with Crippen molar-refractivity contribution in [3.05, 3.63) is 57.7 Å². The van der Waals surface area contributed by atoms with Crippen LogP contribution < -0.4 is 20.4 Å². The third kappa shape index (κ3) is 6.11. The summed E-state index contributed by atoms with van der Waals surface area (Å²) < 4.78 is 13.3. The number of carbonyl (C=O) groups excluding carboxylic acids is 1. The molecule has 14 nitrogen and oxygen atoms in total. The van der Waals surface area contributed by atoms with Crippen molar-refractivity contribution >= 4 is 28.3 Å². The normalized spacial score (nSPS) is 28.9. The van der Waals surface area contributed by atoms with Crippen molar-refractivity contribution in [1.29, 1.82) is 0 Å². The van der Waals surface area contributed by atoms with Crippen LogP contribution in [0.15, 0.2) is 50.4 Å². The number of rotatable bonds is 12. The number of aliphatic hydroxyl groups excluding tert-OH is 5. The van der Waals surface area contributed by atoms with Gasteiger partial charge in [-0.2, -0.15) is 0 Å². The largest absolute Gasteiger partial charge is 0.478 e. The van der Waals surface area contributed by atoms with Crippen molar-refractivity contribution in [2.45, 2.75) is 94.9 Å². The van der Waals surface area contributed by atoms with E-state index in [-0.39, 0.29) is 23.7 Å². The van der Waals surface area contributed by atoms with Gasteiger partial charge in [-0.05, 0) is 57.6 Å². The zero-order chi connectivity index (χ0) is 35.4. The molecule has 270 valence electrons. The Hall–Kier alpha value is -3.47. The van der Waals surface area contributed by atoms with Gasteiger partial charge in [0.05, 0.1) is 23.0 Å². The Labute approximate surface area is 288 Å². The maximum absolute atomic E-state index is 13.3. The molecule has 1 saturated heterocycles. The van der Waals surface area contributed by atoms with Crippen molar-refractivity contribution in [3.63, 3.8) is 0 Å². The van der Waals surface area contributed by atoms with Crippen LogP contribution in [0.4, 0.5) is 5.69 Å². The van der Waals surface area contributed by atoms with Crippen LogP contribution in [0.3, 0.4) is 0 Å². The number of aliphatic hydroxyl groups is 5. The molecule has 1 aromatic carbocycles. The Morgan fingerprint density at radius 1 is 1.12 bits per heavy atom. The monoisotopic (exact) mass is 696 g/mol. The number of quaternary nitrogens is 1. The SMILES string of the molecule is Cc1cc(=O)c2cc3c(c([NH+]4C=C5C=CN=C5C4)c2o1)OC(C)(CCC1CNC(=O)C12CCCC2)C(OOCC(O)C(O)C(O)C(O)CO)C3. The highest BCUT2D eigenvalue weighted by atomic mass is 17.2. The summed E-state index contributed by atoms with van der Waals surface area (Å²) in [6, 6.07) is 3.21. The molecule has 1 spiro atoms. The van der Waals surface area contributed by atoms with Crippen LogP contribution >= 0.6 is 0 Å². The summed E-state index contributed by atoms with van der Waals surface area (Å²) in [6.45, 7) is 3.40. The van der Waals surface area contributed by atoms with E-state index in [1.165, 1.54) is 6.07 Å². The van der Waals surface area contributed by atoms with Crippen molar-refractivity contribution in [2.75, 3.05) is 26.3 Å². The molecule has 1 aliphatic carbocycles. The van der Waals surface area contributed by atoms with Gasteiger partial charge in [0.1, 0.15) is 66.9 Å². The first-order valence-electron chi connectivity index (χ1n) is 17.4. The first-order valence-corrected chi connectivity index (χ1v) is 17.4. The number of ether oxygens (including phenoxy) is 1. The second kappa shape index (κ2) is 13.6. The number of aryl methyl sites for hydroxylation is 1. The fraction of sp³-hybridized carbons (Fsp3) is 0.583. The number of nitrogens with zero attached hydrogens (tertiary/aromatic N) is 1. The second-order valence-corrected chi connectivity index (χ2v) is 14.6. The van der Waals surface area contributed by atoms with E-state index in [1.807, 2.05) is 19.2 Å². The number of fused-ring (bicyclic) bond motifs is 3. The van der Waals surface area contributed by atoms with E-state index in [2.05, 4.69) is 10.3 Å². The molecule has 1 amide bonds. The molecule has 1 aromatic heterocycles. The molecular weight excluding hydrogens is 650 g/mol. The summed E-state index contributed by atoms with van der Waals surface area (Å²) >= 11 is 0. The quantitative estimate of drug-likeness (QED) is 0.116. The van der Waals surface area contributed by atoms with Crippen LogP contribution in [0, 0.1) is 18.3 Å². The number of amides is 1.